The third-order valence-corrected chi connectivity index (χ3v) is 3.19. The number of carbonyl (C=O) groups excluding carboxylic acids is 2. The van der Waals surface area contributed by atoms with Crippen LogP contribution in [-0.4, -0.2) is 32.0 Å². The van der Waals surface area contributed by atoms with Crippen molar-refractivity contribution in [3.05, 3.63) is 42.2 Å². The van der Waals surface area contributed by atoms with Crippen molar-refractivity contribution in [1.29, 1.82) is 0 Å². The van der Waals surface area contributed by atoms with Crippen molar-refractivity contribution in [2.24, 2.45) is 0 Å². The van der Waals surface area contributed by atoms with E-state index in [1.54, 1.807) is 17.0 Å². The molecule has 5 heteroatoms. The number of hydrogen-bond acceptors (Lipinski definition) is 4. The number of rotatable bonds is 3. The summed E-state index contributed by atoms with van der Waals surface area (Å²) in [6.07, 6.45) is 0.671. The van der Waals surface area contributed by atoms with Crippen LogP contribution in [0, 0.1) is 0 Å². The first-order chi connectivity index (χ1) is 9.78. The van der Waals surface area contributed by atoms with E-state index in [1.165, 1.54) is 0 Å². The van der Waals surface area contributed by atoms with Crippen molar-refractivity contribution >= 4 is 17.9 Å². The maximum atomic E-state index is 11.7. The van der Waals surface area contributed by atoms with E-state index in [0.29, 0.717) is 31.0 Å². The first-order valence-electron chi connectivity index (χ1n) is 6.31. The highest BCUT2D eigenvalue weighted by Gasteiger charge is 2.20. The van der Waals surface area contributed by atoms with Gasteiger partial charge >= 0.3 is 0 Å². The van der Waals surface area contributed by atoms with Crippen LogP contribution >= 0.6 is 0 Å². The SMILES string of the molecule is O=Cc1ccc(-c2ccc(N3CCOCC3=O)cc2)o1. The maximum absolute atomic E-state index is 11.7. The zero-order valence-corrected chi connectivity index (χ0v) is 10.7. The lowest BCUT2D eigenvalue weighted by Crippen LogP contribution is -2.41. The molecule has 1 saturated heterocycles. The van der Waals surface area contributed by atoms with Gasteiger partial charge in [0.25, 0.3) is 5.91 Å². The average Bonchev–Trinajstić information content (AvgIpc) is 2.97. The second-order valence-electron chi connectivity index (χ2n) is 4.46. The molecule has 0 N–H and O–H groups in total. The quantitative estimate of drug-likeness (QED) is 0.802. The van der Waals surface area contributed by atoms with E-state index in [1.807, 2.05) is 24.3 Å². The standard InChI is InChI=1S/C15H13NO4/c17-9-13-5-6-14(20-13)11-1-3-12(4-2-11)16-7-8-19-10-15(16)18/h1-6,9H,7-8,10H2. The van der Waals surface area contributed by atoms with Crippen LogP contribution in [0.25, 0.3) is 11.3 Å². The lowest BCUT2D eigenvalue weighted by molar-refractivity contribution is -0.125. The Morgan fingerprint density at radius 1 is 1.10 bits per heavy atom. The summed E-state index contributed by atoms with van der Waals surface area (Å²) in [5.74, 6) is 0.893. The van der Waals surface area contributed by atoms with Gasteiger partial charge in [-0.05, 0) is 36.4 Å². The second-order valence-corrected chi connectivity index (χ2v) is 4.46. The fraction of sp³-hybridized carbons (Fsp3) is 0.200. The summed E-state index contributed by atoms with van der Waals surface area (Å²) in [5, 5.41) is 0. The lowest BCUT2D eigenvalue weighted by atomic mass is 10.1. The normalized spacial score (nSPS) is 15.4. The fourth-order valence-electron chi connectivity index (χ4n) is 2.17. The number of amides is 1. The summed E-state index contributed by atoms with van der Waals surface area (Å²) < 4.78 is 10.5. The second kappa shape index (κ2) is 5.30. The van der Waals surface area contributed by atoms with Crippen LogP contribution in [0.5, 0.6) is 0 Å². The lowest BCUT2D eigenvalue weighted by Gasteiger charge is -2.26. The molecule has 2 heterocycles. The zero-order chi connectivity index (χ0) is 13.9. The van der Waals surface area contributed by atoms with E-state index in [9.17, 15) is 9.59 Å². The third-order valence-electron chi connectivity index (χ3n) is 3.19. The summed E-state index contributed by atoms with van der Waals surface area (Å²) in [4.78, 5) is 24.0. The maximum Gasteiger partial charge on any atom is 0.253 e. The van der Waals surface area contributed by atoms with Crippen LogP contribution < -0.4 is 4.90 Å². The van der Waals surface area contributed by atoms with Gasteiger partial charge in [0.1, 0.15) is 12.4 Å². The average molecular weight is 271 g/mol. The van der Waals surface area contributed by atoms with Crippen molar-refractivity contribution in [2.75, 3.05) is 24.7 Å². The highest BCUT2D eigenvalue weighted by Crippen LogP contribution is 2.25. The largest absolute Gasteiger partial charge is 0.453 e. The molecule has 102 valence electrons. The highest BCUT2D eigenvalue weighted by atomic mass is 16.5. The smallest absolute Gasteiger partial charge is 0.253 e. The Labute approximate surface area is 115 Å². The number of carbonyl (C=O) groups is 2. The minimum atomic E-state index is -0.0368. The van der Waals surface area contributed by atoms with Gasteiger partial charge in [-0.1, -0.05) is 0 Å². The Balaban J connectivity index is 1.83. The number of furan rings is 1. The van der Waals surface area contributed by atoms with Gasteiger partial charge in [-0.15, -0.1) is 0 Å². The topological polar surface area (TPSA) is 59.8 Å². The van der Waals surface area contributed by atoms with Gasteiger partial charge in [0.05, 0.1) is 6.61 Å². The molecule has 0 radical (unpaired) electrons. The molecule has 1 aliphatic heterocycles. The molecule has 0 unspecified atom stereocenters. The van der Waals surface area contributed by atoms with Crippen LogP contribution in [0.15, 0.2) is 40.8 Å². The van der Waals surface area contributed by atoms with Gasteiger partial charge in [-0.2, -0.15) is 0 Å². The Kier molecular flexibility index (Phi) is 3.35. The van der Waals surface area contributed by atoms with Gasteiger partial charge < -0.3 is 14.1 Å². The van der Waals surface area contributed by atoms with Crippen molar-refractivity contribution in [1.82, 2.24) is 0 Å². The van der Waals surface area contributed by atoms with Crippen molar-refractivity contribution in [3.8, 4) is 11.3 Å². The van der Waals surface area contributed by atoms with Crippen LogP contribution in [0.2, 0.25) is 0 Å². The predicted molar refractivity (Wildman–Crippen MR) is 72.7 cm³/mol. The van der Waals surface area contributed by atoms with Crippen molar-refractivity contribution in [2.45, 2.75) is 0 Å². The molecule has 3 rings (SSSR count). The molecule has 5 nitrogen and oxygen atoms in total. The number of benzene rings is 1. The number of hydrogen-bond donors (Lipinski definition) is 0. The van der Waals surface area contributed by atoms with Gasteiger partial charge in [0.2, 0.25) is 0 Å². The first-order valence-corrected chi connectivity index (χ1v) is 6.31. The van der Waals surface area contributed by atoms with E-state index in [4.69, 9.17) is 9.15 Å². The van der Waals surface area contributed by atoms with E-state index in [-0.39, 0.29) is 12.5 Å². The molecule has 1 aromatic heterocycles. The molecule has 2 aromatic rings. The summed E-state index contributed by atoms with van der Waals surface area (Å²) in [5.41, 5.74) is 1.70. The Morgan fingerprint density at radius 2 is 1.90 bits per heavy atom. The van der Waals surface area contributed by atoms with E-state index >= 15 is 0 Å². The molecule has 1 amide bonds. The van der Waals surface area contributed by atoms with Crippen LogP contribution in [0.1, 0.15) is 10.6 Å². The van der Waals surface area contributed by atoms with Crippen molar-refractivity contribution < 1.29 is 18.7 Å². The van der Waals surface area contributed by atoms with E-state index in [2.05, 4.69) is 0 Å². The minimum absolute atomic E-state index is 0.0368. The monoisotopic (exact) mass is 271 g/mol. The molecule has 1 aliphatic rings. The minimum Gasteiger partial charge on any atom is -0.453 e. The molecule has 0 saturated carbocycles. The third kappa shape index (κ3) is 2.35. The number of ether oxygens (including phenoxy) is 1. The van der Waals surface area contributed by atoms with E-state index < -0.39 is 0 Å². The number of aldehydes is 1. The predicted octanol–water partition coefficient (Wildman–Crippen LogP) is 2.12. The van der Waals surface area contributed by atoms with Crippen molar-refractivity contribution in [3.63, 3.8) is 0 Å². The summed E-state index contributed by atoms with van der Waals surface area (Å²) in [7, 11) is 0. The number of anilines is 1. The Hall–Kier alpha value is -2.40. The van der Waals surface area contributed by atoms with Crippen LogP contribution in [0.4, 0.5) is 5.69 Å². The molecule has 1 aromatic carbocycles. The molecule has 0 aliphatic carbocycles. The number of nitrogens with zero attached hydrogens (tertiary/aromatic N) is 1. The van der Waals surface area contributed by atoms with Crippen LogP contribution in [-0.2, 0) is 9.53 Å². The fourth-order valence-corrected chi connectivity index (χ4v) is 2.17. The van der Waals surface area contributed by atoms with Crippen LogP contribution in [0.3, 0.4) is 0 Å². The van der Waals surface area contributed by atoms with Gasteiger partial charge in [-0.25, -0.2) is 0 Å². The van der Waals surface area contributed by atoms with Gasteiger partial charge in [0, 0.05) is 17.8 Å². The van der Waals surface area contributed by atoms with E-state index in [0.717, 1.165) is 11.3 Å². The Bertz CT molecular complexity index is 630. The molecule has 20 heavy (non-hydrogen) atoms. The summed E-state index contributed by atoms with van der Waals surface area (Å²) >= 11 is 0. The highest BCUT2D eigenvalue weighted by molar-refractivity contribution is 5.95. The van der Waals surface area contributed by atoms with Gasteiger partial charge in [-0.3, -0.25) is 9.59 Å². The molecular formula is C15H13NO4. The molecular weight excluding hydrogens is 258 g/mol. The van der Waals surface area contributed by atoms with Gasteiger partial charge in [0.15, 0.2) is 12.0 Å². The zero-order valence-electron chi connectivity index (χ0n) is 10.7. The first kappa shape index (κ1) is 12.6. The Morgan fingerprint density at radius 3 is 2.55 bits per heavy atom. The molecule has 0 atom stereocenters. The number of morpholine rings is 1. The summed E-state index contributed by atoms with van der Waals surface area (Å²) in [6.45, 7) is 1.24. The molecule has 0 spiro atoms. The summed E-state index contributed by atoms with van der Waals surface area (Å²) in [6, 6.07) is 10.8. The molecule has 1 fully saturated rings. The molecule has 0 bridgehead atoms.